The highest BCUT2D eigenvalue weighted by molar-refractivity contribution is 7.12. The third-order valence-corrected chi connectivity index (χ3v) is 5.70. The van der Waals surface area contributed by atoms with Crippen LogP contribution in [0.4, 0.5) is 0 Å². The molecule has 0 bridgehead atoms. The summed E-state index contributed by atoms with van der Waals surface area (Å²) in [6.07, 6.45) is 2.24. The van der Waals surface area contributed by atoms with E-state index in [-0.39, 0.29) is 11.8 Å². The van der Waals surface area contributed by atoms with Crippen molar-refractivity contribution in [2.75, 3.05) is 39.3 Å². The van der Waals surface area contributed by atoms with E-state index < -0.39 is 0 Å². The normalized spacial score (nSPS) is 18.1. The fourth-order valence-electron chi connectivity index (χ4n) is 3.11. The van der Waals surface area contributed by atoms with Gasteiger partial charge in [0.05, 0.1) is 4.88 Å². The molecule has 0 aromatic carbocycles. The van der Waals surface area contributed by atoms with Crippen molar-refractivity contribution in [3.8, 4) is 0 Å². The van der Waals surface area contributed by atoms with Gasteiger partial charge in [0, 0.05) is 51.3 Å². The minimum atomic E-state index is -0.188. The lowest BCUT2D eigenvalue weighted by Gasteiger charge is -2.34. The fourth-order valence-corrected chi connectivity index (χ4v) is 3.80. The second-order valence-corrected chi connectivity index (χ2v) is 7.70. The highest BCUT2D eigenvalue weighted by Gasteiger charge is 2.29. The predicted molar refractivity (Wildman–Crippen MR) is 97.5 cm³/mol. The van der Waals surface area contributed by atoms with E-state index in [9.17, 15) is 9.59 Å². The molecule has 26 heavy (non-hydrogen) atoms. The summed E-state index contributed by atoms with van der Waals surface area (Å²) in [5.74, 6) is 1.21. The van der Waals surface area contributed by atoms with Crippen LogP contribution in [0.1, 0.15) is 44.7 Å². The minimum absolute atomic E-state index is 0.116. The van der Waals surface area contributed by atoms with Gasteiger partial charge in [-0.05, 0) is 24.3 Å². The number of nitrogens with one attached hydrogen (secondary N) is 1. The molecule has 1 aliphatic heterocycles. The summed E-state index contributed by atoms with van der Waals surface area (Å²) in [6.45, 7) is 4.41. The summed E-state index contributed by atoms with van der Waals surface area (Å²) < 4.78 is 5.21. The molecule has 2 aromatic rings. The molecule has 8 heteroatoms. The van der Waals surface area contributed by atoms with Crippen LogP contribution in [0.25, 0.3) is 0 Å². The van der Waals surface area contributed by atoms with Crippen molar-refractivity contribution < 1.29 is 14.1 Å². The van der Waals surface area contributed by atoms with Gasteiger partial charge >= 0.3 is 0 Å². The molecule has 2 aliphatic rings. The average Bonchev–Trinajstić information content (AvgIpc) is 3.16. The number of hydrogen-bond acceptors (Lipinski definition) is 6. The molecule has 0 atom stereocenters. The molecule has 138 valence electrons. The summed E-state index contributed by atoms with van der Waals surface area (Å²) in [6, 6.07) is 5.52. The molecule has 3 heterocycles. The topological polar surface area (TPSA) is 78.7 Å². The van der Waals surface area contributed by atoms with Gasteiger partial charge in [-0.25, -0.2) is 0 Å². The van der Waals surface area contributed by atoms with Crippen molar-refractivity contribution >= 4 is 23.2 Å². The van der Waals surface area contributed by atoms with Crippen molar-refractivity contribution in [2.45, 2.75) is 18.8 Å². The van der Waals surface area contributed by atoms with Gasteiger partial charge in [-0.3, -0.25) is 14.5 Å². The van der Waals surface area contributed by atoms with Crippen molar-refractivity contribution in [2.24, 2.45) is 0 Å². The maximum Gasteiger partial charge on any atom is 0.273 e. The van der Waals surface area contributed by atoms with Crippen LogP contribution in [0.2, 0.25) is 0 Å². The smallest absolute Gasteiger partial charge is 0.273 e. The van der Waals surface area contributed by atoms with Gasteiger partial charge in [0.25, 0.3) is 11.8 Å². The van der Waals surface area contributed by atoms with Crippen LogP contribution >= 0.6 is 11.3 Å². The first kappa shape index (κ1) is 17.2. The third-order valence-electron chi connectivity index (χ3n) is 4.85. The molecule has 0 unspecified atom stereocenters. The molecule has 7 nitrogen and oxygen atoms in total. The van der Waals surface area contributed by atoms with E-state index in [2.05, 4.69) is 15.4 Å². The first-order valence-corrected chi connectivity index (χ1v) is 9.88. The summed E-state index contributed by atoms with van der Waals surface area (Å²) in [5.41, 5.74) is 0.360. The molecule has 2 fully saturated rings. The number of carbonyl (C=O) groups excluding carboxylic acids is 2. The summed E-state index contributed by atoms with van der Waals surface area (Å²) in [4.78, 5) is 29.4. The maximum atomic E-state index is 12.3. The number of amides is 2. The Morgan fingerprint density at radius 3 is 2.77 bits per heavy atom. The third kappa shape index (κ3) is 3.96. The van der Waals surface area contributed by atoms with Crippen molar-refractivity contribution in [1.29, 1.82) is 0 Å². The Hall–Kier alpha value is -2.19. The zero-order valence-corrected chi connectivity index (χ0v) is 15.3. The number of aromatic nitrogens is 1. The van der Waals surface area contributed by atoms with E-state index in [1.54, 1.807) is 6.07 Å². The van der Waals surface area contributed by atoms with E-state index >= 15 is 0 Å². The highest BCUT2D eigenvalue weighted by atomic mass is 32.1. The summed E-state index contributed by atoms with van der Waals surface area (Å²) in [5, 5.41) is 8.67. The van der Waals surface area contributed by atoms with Gasteiger partial charge in [-0.15, -0.1) is 11.3 Å². The molecule has 2 aromatic heterocycles. The molecule has 2 amide bonds. The molecule has 4 rings (SSSR count). The molecule has 1 saturated carbocycles. The number of nitrogens with zero attached hydrogens (tertiary/aromatic N) is 3. The second-order valence-electron chi connectivity index (χ2n) is 6.76. The van der Waals surface area contributed by atoms with Crippen LogP contribution in [0.5, 0.6) is 0 Å². The Balaban J connectivity index is 1.17. The Kier molecular flexibility index (Phi) is 5.03. The summed E-state index contributed by atoms with van der Waals surface area (Å²) in [7, 11) is 0. The van der Waals surface area contributed by atoms with Gasteiger partial charge in [0.2, 0.25) is 0 Å². The van der Waals surface area contributed by atoms with Gasteiger partial charge in [-0.1, -0.05) is 11.2 Å². The SMILES string of the molecule is O=C(NCCN1CCN(C(=O)c2cccs2)CC1)c1cc(C2CC2)on1. The predicted octanol–water partition coefficient (Wildman–Crippen LogP) is 1.80. The molecule has 1 saturated heterocycles. The van der Waals surface area contributed by atoms with Crippen molar-refractivity contribution in [3.05, 3.63) is 39.9 Å². The lowest BCUT2D eigenvalue weighted by Crippen LogP contribution is -2.50. The van der Waals surface area contributed by atoms with Gasteiger partial charge in [0.1, 0.15) is 5.76 Å². The molecule has 1 N–H and O–H groups in total. The lowest BCUT2D eigenvalue weighted by atomic mass is 10.2. The van der Waals surface area contributed by atoms with Gasteiger partial charge < -0.3 is 14.7 Å². The highest BCUT2D eigenvalue weighted by Crippen LogP contribution is 2.40. The average molecular weight is 374 g/mol. The maximum absolute atomic E-state index is 12.3. The van der Waals surface area contributed by atoms with E-state index in [0.29, 0.717) is 18.2 Å². The van der Waals surface area contributed by atoms with Gasteiger partial charge in [-0.2, -0.15) is 0 Å². The fraction of sp³-hybridized carbons (Fsp3) is 0.500. The molecular formula is C18H22N4O3S. The number of piperazine rings is 1. The van der Waals surface area contributed by atoms with E-state index in [1.165, 1.54) is 11.3 Å². The van der Waals surface area contributed by atoms with Crippen molar-refractivity contribution in [3.63, 3.8) is 0 Å². The van der Waals surface area contributed by atoms with Crippen LogP contribution in [-0.4, -0.2) is 66.0 Å². The number of hydrogen-bond donors (Lipinski definition) is 1. The quantitative estimate of drug-likeness (QED) is 0.834. The van der Waals surface area contributed by atoms with Crippen LogP contribution in [0.3, 0.4) is 0 Å². The van der Waals surface area contributed by atoms with Crippen LogP contribution < -0.4 is 5.32 Å². The standard InChI is InChI=1S/C18H22N4O3S/c23-17(14-12-15(25-20-14)13-3-4-13)19-5-6-21-7-9-22(10-8-21)18(24)16-2-1-11-26-16/h1-2,11-13H,3-10H2,(H,19,23). The number of thiophene rings is 1. The van der Waals surface area contributed by atoms with Crippen molar-refractivity contribution in [1.82, 2.24) is 20.3 Å². The Labute approximate surface area is 155 Å². The largest absolute Gasteiger partial charge is 0.360 e. The Morgan fingerprint density at radius 2 is 2.08 bits per heavy atom. The Bertz CT molecular complexity index is 761. The molecule has 1 aliphatic carbocycles. The van der Waals surface area contributed by atoms with Crippen LogP contribution in [0, 0.1) is 0 Å². The van der Waals surface area contributed by atoms with Gasteiger partial charge in [0.15, 0.2) is 5.69 Å². The number of rotatable bonds is 6. The number of carbonyl (C=O) groups is 2. The second kappa shape index (κ2) is 7.59. The summed E-state index contributed by atoms with van der Waals surface area (Å²) >= 11 is 1.48. The molecule has 0 radical (unpaired) electrons. The Morgan fingerprint density at radius 1 is 1.27 bits per heavy atom. The van der Waals surface area contributed by atoms with Crippen LogP contribution in [0.15, 0.2) is 28.1 Å². The van der Waals surface area contributed by atoms with Crippen LogP contribution in [-0.2, 0) is 0 Å². The first-order chi connectivity index (χ1) is 12.7. The molecule has 0 spiro atoms. The van der Waals surface area contributed by atoms with E-state index in [0.717, 1.165) is 56.2 Å². The minimum Gasteiger partial charge on any atom is -0.360 e. The monoisotopic (exact) mass is 374 g/mol. The van der Waals surface area contributed by atoms with E-state index in [1.807, 2.05) is 22.4 Å². The zero-order valence-electron chi connectivity index (χ0n) is 14.5. The molecular weight excluding hydrogens is 352 g/mol. The zero-order chi connectivity index (χ0) is 17.9. The first-order valence-electron chi connectivity index (χ1n) is 9.00. The van der Waals surface area contributed by atoms with E-state index in [4.69, 9.17) is 4.52 Å². The lowest BCUT2D eigenvalue weighted by molar-refractivity contribution is 0.0642.